The number of rotatable bonds is 5. The van der Waals surface area contributed by atoms with Gasteiger partial charge in [0.1, 0.15) is 0 Å². The van der Waals surface area contributed by atoms with E-state index in [0.717, 1.165) is 11.4 Å². The second kappa shape index (κ2) is 6.50. The van der Waals surface area contributed by atoms with Gasteiger partial charge in [0, 0.05) is 0 Å². The SMILES string of the molecule is CC(C)C[C@H](CO)NC(=O)Nc1cccs1. The van der Waals surface area contributed by atoms with Gasteiger partial charge in [-0.3, -0.25) is 5.32 Å². The van der Waals surface area contributed by atoms with Crippen LogP contribution in [-0.4, -0.2) is 23.8 Å². The first-order chi connectivity index (χ1) is 7.61. The van der Waals surface area contributed by atoms with Crippen molar-refractivity contribution in [3.05, 3.63) is 17.5 Å². The van der Waals surface area contributed by atoms with Crippen LogP contribution in [0.3, 0.4) is 0 Å². The van der Waals surface area contributed by atoms with E-state index in [9.17, 15) is 4.79 Å². The molecule has 0 radical (unpaired) electrons. The Balaban J connectivity index is 2.37. The van der Waals surface area contributed by atoms with Crippen LogP contribution in [0.25, 0.3) is 0 Å². The third kappa shape index (κ3) is 4.63. The number of hydrogen-bond acceptors (Lipinski definition) is 3. The Morgan fingerprint density at radius 3 is 2.81 bits per heavy atom. The fourth-order valence-corrected chi connectivity index (χ4v) is 2.04. The van der Waals surface area contributed by atoms with Crippen molar-refractivity contribution >= 4 is 22.4 Å². The lowest BCUT2D eigenvalue weighted by Crippen LogP contribution is -2.40. The summed E-state index contributed by atoms with van der Waals surface area (Å²) in [6.07, 6.45) is 0.772. The summed E-state index contributed by atoms with van der Waals surface area (Å²) in [5.74, 6) is 0.444. The van der Waals surface area contributed by atoms with Crippen LogP contribution in [0, 0.1) is 5.92 Å². The Morgan fingerprint density at radius 2 is 2.31 bits per heavy atom. The Hall–Kier alpha value is -1.07. The molecule has 1 aromatic heterocycles. The zero-order chi connectivity index (χ0) is 12.0. The van der Waals surface area contributed by atoms with Gasteiger partial charge in [-0.25, -0.2) is 4.79 Å². The molecule has 1 heterocycles. The van der Waals surface area contributed by atoms with Crippen molar-refractivity contribution in [1.29, 1.82) is 0 Å². The lowest BCUT2D eigenvalue weighted by Gasteiger charge is -2.18. The number of carbonyl (C=O) groups is 1. The summed E-state index contributed by atoms with van der Waals surface area (Å²) in [7, 11) is 0. The summed E-state index contributed by atoms with van der Waals surface area (Å²) >= 11 is 1.47. The van der Waals surface area contributed by atoms with Crippen molar-refractivity contribution < 1.29 is 9.90 Å². The van der Waals surface area contributed by atoms with E-state index in [0.29, 0.717) is 5.92 Å². The van der Waals surface area contributed by atoms with E-state index in [1.807, 2.05) is 17.5 Å². The summed E-state index contributed by atoms with van der Waals surface area (Å²) in [6.45, 7) is 4.08. The van der Waals surface area contributed by atoms with Gasteiger partial charge in [0.2, 0.25) is 0 Å². The summed E-state index contributed by atoms with van der Waals surface area (Å²) in [4.78, 5) is 11.5. The molecular weight excluding hydrogens is 224 g/mol. The maximum absolute atomic E-state index is 11.5. The zero-order valence-electron chi connectivity index (χ0n) is 9.56. The Labute approximate surface area is 99.7 Å². The average Bonchev–Trinajstić information content (AvgIpc) is 2.68. The van der Waals surface area contributed by atoms with Crippen LogP contribution in [0.1, 0.15) is 20.3 Å². The fourth-order valence-electron chi connectivity index (χ4n) is 1.43. The van der Waals surface area contributed by atoms with Gasteiger partial charge >= 0.3 is 6.03 Å². The maximum Gasteiger partial charge on any atom is 0.320 e. The molecule has 0 fully saturated rings. The van der Waals surface area contributed by atoms with E-state index in [4.69, 9.17) is 5.11 Å². The van der Waals surface area contributed by atoms with Crippen molar-refractivity contribution in [1.82, 2.24) is 5.32 Å². The van der Waals surface area contributed by atoms with Crippen LogP contribution in [0.2, 0.25) is 0 Å². The van der Waals surface area contributed by atoms with Gasteiger partial charge in [0.25, 0.3) is 0 Å². The molecule has 0 unspecified atom stereocenters. The van der Waals surface area contributed by atoms with Crippen LogP contribution in [0.15, 0.2) is 17.5 Å². The minimum absolute atomic E-state index is 0.0317. The molecule has 0 aliphatic carbocycles. The molecule has 90 valence electrons. The van der Waals surface area contributed by atoms with Crippen LogP contribution >= 0.6 is 11.3 Å². The van der Waals surface area contributed by atoms with Gasteiger partial charge in [0.15, 0.2) is 0 Å². The number of anilines is 1. The quantitative estimate of drug-likeness (QED) is 0.741. The van der Waals surface area contributed by atoms with Gasteiger partial charge in [-0.2, -0.15) is 0 Å². The summed E-state index contributed by atoms with van der Waals surface area (Å²) in [6, 6.07) is 3.26. The zero-order valence-corrected chi connectivity index (χ0v) is 10.4. The summed E-state index contributed by atoms with van der Waals surface area (Å²) in [5, 5.41) is 17.3. The van der Waals surface area contributed by atoms with E-state index >= 15 is 0 Å². The molecule has 2 amide bonds. The Kier molecular flexibility index (Phi) is 5.28. The molecule has 0 spiro atoms. The fraction of sp³-hybridized carbons (Fsp3) is 0.545. The lowest BCUT2D eigenvalue weighted by atomic mass is 10.0. The largest absolute Gasteiger partial charge is 0.394 e. The van der Waals surface area contributed by atoms with Crippen molar-refractivity contribution in [2.45, 2.75) is 26.3 Å². The van der Waals surface area contributed by atoms with Crippen LogP contribution < -0.4 is 10.6 Å². The molecule has 1 rings (SSSR count). The average molecular weight is 242 g/mol. The molecule has 16 heavy (non-hydrogen) atoms. The van der Waals surface area contributed by atoms with E-state index in [1.165, 1.54) is 11.3 Å². The number of thiophene rings is 1. The molecule has 0 saturated heterocycles. The number of aliphatic hydroxyl groups excluding tert-OH is 1. The molecule has 0 saturated carbocycles. The number of amides is 2. The van der Waals surface area contributed by atoms with Crippen LogP contribution in [0.5, 0.6) is 0 Å². The van der Waals surface area contributed by atoms with Crippen molar-refractivity contribution in [2.75, 3.05) is 11.9 Å². The first-order valence-corrected chi connectivity index (χ1v) is 6.21. The first kappa shape index (κ1) is 13.0. The topological polar surface area (TPSA) is 61.4 Å². The van der Waals surface area contributed by atoms with Gasteiger partial charge in [-0.1, -0.05) is 13.8 Å². The van der Waals surface area contributed by atoms with Crippen LogP contribution in [0.4, 0.5) is 9.80 Å². The van der Waals surface area contributed by atoms with E-state index < -0.39 is 0 Å². The van der Waals surface area contributed by atoms with Gasteiger partial charge in [0.05, 0.1) is 17.6 Å². The number of carbonyl (C=O) groups excluding carboxylic acids is 1. The number of nitrogens with one attached hydrogen (secondary N) is 2. The molecule has 4 nitrogen and oxygen atoms in total. The van der Waals surface area contributed by atoms with E-state index in [-0.39, 0.29) is 18.7 Å². The predicted molar refractivity (Wildman–Crippen MR) is 66.8 cm³/mol. The van der Waals surface area contributed by atoms with Crippen molar-refractivity contribution in [2.24, 2.45) is 5.92 Å². The van der Waals surface area contributed by atoms with Crippen molar-refractivity contribution in [3.8, 4) is 0 Å². The monoisotopic (exact) mass is 242 g/mol. The molecule has 0 aliphatic heterocycles. The van der Waals surface area contributed by atoms with Crippen molar-refractivity contribution in [3.63, 3.8) is 0 Å². The van der Waals surface area contributed by atoms with Crippen LogP contribution in [-0.2, 0) is 0 Å². The molecule has 1 aromatic rings. The summed E-state index contributed by atoms with van der Waals surface area (Å²) < 4.78 is 0. The highest BCUT2D eigenvalue weighted by atomic mass is 32.1. The first-order valence-electron chi connectivity index (χ1n) is 5.33. The second-order valence-corrected chi connectivity index (χ2v) is 5.03. The van der Waals surface area contributed by atoms with Gasteiger partial charge < -0.3 is 10.4 Å². The van der Waals surface area contributed by atoms with Gasteiger partial charge in [-0.15, -0.1) is 11.3 Å². The highest BCUT2D eigenvalue weighted by Gasteiger charge is 2.12. The number of urea groups is 1. The summed E-state index contributed by atoms with van der Waals surface area (Å²) in [5.41, 5.74) is 0. The smallest absolute Gasteiger partial charge is 0.320 e. The van der Waals surface area contributed by atoms with Gasteiger partial charge in [-0.05, 0) is 29.9 Å². The molecular formula is C11H18N2O2S. The van der Waals surface area contributed by atoms with E-state index in [1.54, 1.807) is 0 Å². The molecule has 5 heteroatoms. The normalized spacial score (nSPS) is 12.5. The lowest BCUT2D eigenvalue weighted by molar-refractivity contribution is 0.214. The molecule has 0 aliphatic rings. The predicted octanol–water partition coefficient (Wildman–Crippen LogP) is 2.28. The highest BCUT2D eigenvalue weighted by molar-refractivity contribution is 7.14. The Bertz CT molecular complexity index is 312. The third-order valence-electron chi connectivity index (χ3n) is 2.07. The Morgan fingerprint density at radius 1 is 1.56 bits per heavy atom. The maximum atomic E-state index is 11.5. The second-order valence-electron chi connectivity index (χ2n) is 4.08. The standard InChI is InChI=1S/C11H18N2O2S/c1-8(2)6-9(7-14)12-11(15)13-10-4-3-5-16-10/h3-5,8-9,14H,6-7H2,1-2H3,(H2,12,13,15)/t9-/m1/s1. The molecule has 3 N–H and O–H groups in total. The number of aliphatic hydroxyl groups is 1. The van der Waals surface area contributed by atoms with E-state index in [2.05, 4.69) is 24.5 Å². The molecule has 0 aromatic carbocycles. The molecule has 0 bridgehead atoms. The number of hydrogen-bond donors (Lipinski definition) is 3. The highest BCUT2D eigenvalue weighted by Crippen LogP contribution is 2.14. The third-order valence-corrected chi connectivity index (χ3v) is 2.85. The minimum atomic E-state index is -0.262. The molecule has 1 atom stereocenters. The minimum Gasteiger partial charge on any atom is -0.394 e.